The van der Waals surface area contributed by atoms with Crippen molar-refractivity contribution in [3.8, 4) is 5.75 Å². The maximum Gasteiger partial charge on any atom is 0.136 e. The van der Waals surface area contributed by atoms with E-state index >= 15 is 0 Å². The van der Waals surface area contributed by atoms with Crippen LogP contribution in [0.1, 0.15) is 23.1 Å². The van der Waals surface area contributed by atoms with Crippen LogP contribution in [0.3, 0.4) is 0 Å². The summed E-state index contributed by atoms with van der Waals surface area (Å²) in [6.45, 7) is 0.579. The molecule has 0 amide bonds. The minimum absolute atomic E-state index is 0.579. The van der Waals surface area contributed by atoms with Gasteiger partial charge < -0.3 is 10.5 Å². The summed E-state index contributed by atoms with van der Waals surface area (Å²) >= 11 is 3.45. The van der Waals surface area contributed by atoms with Crippen molar-refractivity contribution >= 4 is 21.6 Å². The topological polar surface area (TPSA) is 35.2 Å². The normalized spacial score (nSPS) is 13.3. The van der Waals surface area contributed by atoms with E-state index in [1.54, 1.807) is 0 Å². The first kappa shape index (κ1) is 12.5. The molecule has 2 nitrogen and oxygen atoms in total. The molecule has 0 aliphatic heterocycles. The second-order valence-electron chi connectivity index (χ2n) is 4.90. The van der Waals surface area contributed by atoms with Gasteiger partial charge in [-0.15, -0.1) is 0 Å². The first-order chi connectivity index (χ1) is 9.24. The molecule has 3 heteroatoms. The summed E-state index contributed by atoms with van der Waals surface area (Å²) in [6.07, 6.45) is 3.70. The van der Waals surface area contributed by atoms with Crippen LogP contribution in [0.5, 0.6) is 5.75 Å². The Morgan fingerprint density at radius 2 is 1.95 bits per heavy atom. The third-order valence-electron chi connectivity index (χ3n) is 3.55. The first-order valence-electron chi connectivity index (χ1n) is 6.51. The molecule has 0 bridgehead atoms. The predicted octanol–water partition coefficient (Wildman–Crippen LogP) is 4.10. The molecule has 3 rings (SSSR count). The summed E-state index contributed by atoms with van der Waals surface area (Å²) in [4.78, 5) is 0. The van der Waals surface area contributed by atoms with Gasteiger partial charge in [-0.2, -0.15) is 0 Å². The summed E-state index contributed by atoms with van der Waals surface area (Å²) in [6, 6.07) is 12.3. The first-order valence-corrected chi connectivity index (χ1v) is 7.31. The lowest BCUT2D eigenvalue weighted by molar-refractivity contribution is 0.304. The fraction of sp³-hybridized carbons (Fsp3) is 0.250. The maximum absolute atomic E-state index is 5.84. The lowest BCUT2D eigenvalue weighted by atomic mass is 10.1. The summed E-state index contributed by atoms with van der Waals surface area (Å²) in [5.74, 6) is 0.792. The SMILES string of the molecule is Nc1cccc(OCc2ccc3c(c2)CCC3)c1Br. The van der Waals surface area contributed by atoms with Crippen molar-refractivity contribution < 1.29 is 4.74 Å². The van der Waals surface area contributed by atoms with Crippen LogP contribution >= 0.6 is 15.9 Å². The van der Waals surface area contributed by atoms with Crippen LogP contribution in [0.4, 0.5) is 5.69 Å². The molecule has 0 saturated heterocycles. The average molecular weight is 318 g/mol. The van der Waals surface area contributed by atoms with Crippen molar-refractivity contribution in [2.24, 2.45) is 0 Å². The highest BCUT2D eigenvalue weighted by Crippen LogP contribution is 2.31. The molecular formula is C16H16BrNO. The highest BCUT2D eigenvalue weighted by molar-refractivity contribution is 9.10. The molecule has 98 valence electrons. The van der Waals surface area contributed by atoms with Gasteiger partial charge >= 0.3 is 0 Å². The highest BCUT2D eigenvalue weighted by Gasteiger charge is 2.11. The van der Waals surface area contributed by atoms with Gasteiger partial charge in [0.25, 0.3) is 0 Å². The number of fused-ring (bicyclic) bond motifs is 1. The van der Waals surface area contributed by atoms with E-state index in [9.17, 15) is 0 Å². The number of nitrogens with two attached hydrogens (primary N) is 1. The van der Waals surface area contributed by atoms with E-state index in [2.05, 4.69) is 34.1 Å². The van der Waals surface area contributed by atoms with Gasteiger partial charge in [0.15, 0.2) is 0 Å². The van der Waals surface area contributed by atoms with Crippen molar-refractivity contribution in [3.05, 3.63) is 57.6 Å². The number of rotatable bonds is 3. The number of aryl methyl sites for hydroxylation is 2. The predicted molar refractivity (Wildman–Crippen MR) is 81.4 cm³/mol. The Bertz CT molecular complexity index is 610. The van der Waals surface area contributed by atoms with Gasteiger partial charge in [-0.05, 0) is 64.0 Å². The van der Waals surface area contributed by atoms with E-state index in [4.69, 9.17) is 10.5 Å². The van der Waals surface area contributed by atoms with Gasteiger partial charge in [0.1, 0.15) is 12.4 Å². The molecule has 2 N–H and O–H groups in total. The number of nitrogen functional groups attached to an aromatic ring is 1. The van der Waals surface area contributed by atoms with E-state index in [-0.39, 0.29) is 0 Å². The summed E-state index contributed by atoms with van der Waals surface area (Å²) in [5.41, 5.74) is 10.7. The molecule has 0 unspecified atom stereocenters. The second kappa shape index (κ2) is 5.25. The number of halogens is 1. The van der Waals surface area contributed by atoms with Crippen LogP contribution in [-0.4, -0.2) is 0 Å². The average Bonchev–Trinajstić information content (AvgIpc) is 2.88. The number of anilines is 1. The van der Waals surface area contributed by atoms with Crippen LogP contribution in [0.2, 0.25) is 0 Å². The van der Waals surface area contributed by atoms with E-state index in [1.165, 1.54) is 36.0 Å². The molecule has 0 heterocycles. The molecule has 2 aromatic rings. The van der Waals surface area contributed by atoms with Gasteiger partial charge in [-0.3, -0.25) is 0 Å². The van der Waals surface area contributed by atoms with Gasteiger partial charge in [-0.25, -0.2) is 0 Å². The molecule has 1 aliphatic rings. The quantitative estimate of drug-likeness (QED) is 0.865. The van der Waals surface area contributed by atoms with E-state index < -0.39 is 0 Å². The zero-order valence-electron chi connectivity index (χ0n) is 10.7. The Morgan fingerprint density at radius 1 is 1.11 bits per heavy atom. The number of hydrogen-bond acceptors (Lipinski definition) is 2. The second-order valence-corrected chi connectivity index (χ2v) is 5.70. The summed E-state index contributed by atoms with van der Waals surface area (Å²) in [7, 11) is 0. The van der Waals surface area contributed by atoms with Crippen molar-refractivity contribution in [2.75, 3.05) is 5.73 Å². The molecule has 2 aromatic carbocycles. The lowest BCUT2D eigenvalue weighted by Crippen LogP contribution is -1.98. The minimum atomic E-state index is 0.579. The fourth-order valence-electron chi connectivity index (χ4n) is 2.52. The van der Waals surface area contributed by atoms with Gasteiger partial charge in [0, 0.05) is 5.69 Å². The van der Waals surface area contributed by atoms with Crippen molar-refractivity contribution in [2.45, 2.75) is 25.9 Å². The molecule has 0 spiro atoms. The van der Waals surface area contributed by atoms with Gasteiger partial charge in [0.2, 0.25) is 0 Å². The van der Waals surface area contributed by atoms with Crippen molar-refractivity contribution in [1.29, 1.82) is 0 Å². The maximum atomic E-state index is 5.84. The smallest absolute Gasteiger partial charge is 0.136 e. The Labute approximate surface area is 121 Å². The molecule has 0 fully saturated rings. The monoisotopic (exact) mass is 317 g/mol. The third kappa shape index (κ3) is 2.61. The zero-order valence-corrected chi connectivity index (χ0v) is 12.2. The molecule has 0 aromatic heterocycles. The van der Waals surface area contributed by atoms with Crippen LogP contribution in [0.15, 0.2) is 40.9 Å². The Balaban J connectivity index is 1.74. The molecule has 0 saturated carbocycles. The summed E-state index contributed by atoms with van der Waals surface area (Å²) in [5, 5.41) is 0. The van der Waals surface area contributed by atoms with Gasteiger partial charge in [-0.1, -0.05) is 24.3 Å². The van der Waals surface area contributed by atoms with Crippen LogP contribution in [0.25, 0.3) is 0 Å². The summed E-state index contributed by atoms with van der Waals surface area (Å²) < 4.78 is 6.67. The standard InChI is InChI=1S/C16H16BrNO/c17-16-14(18)5-2-6-15(16)19-10-11-7-8-12-3-1-4-13(12)9-11/h2,5-9H,1,3-4,10,18H2. The van der Waals surface area contributed by atoms with Gasteiger partial charge in [0.05, 0.1) is 4.47 Å². The highest BCUT2D eigenvalue weighted by atomic mass is 79.9. The van der Waals surface area contributed by atoms with Crippen LogP contribution < -0.4 is 10.5 Å². The van der Waals surface area contributed by atoms with E-state index in [1.807, 2.05) is 18.2 Å². The van der Waals surface area contributed by atoms with Crippen molar-refractivity contribution in [1.82, 2.24) is 0 Å². The third-order valence-corrected chi connectivity index (χ3v) is 4.40. The largest absolute Gasteiger partial charge is 0.488 e. The Hall–Kier alpha value is -1.48. The lowest BCUT2D eigenvalue weighted by Gasteiger charge is -2.10. The molecule has 1 aliphatic carbocycles. The van der Waals surface area contributed by atoms with Crippen LogP contribution in [0, 0.1) is 0 Å². The van der Waals surface area contributed by atoms with Crippen LogP contribution in [-0.2, 0) is 19.4 Å². The zero-order chi connectivity index (χ0) is 13.2. The number of benzene rings is 2. The molecule has 19 heavy (non-hydrogen) atoms. The van der Waals surface area contributed by atoms with E-state index in [0.29, 0.717) is 12.3 Å². The number of ether oxygens (including phenoxy) is 1. The molecular weight excluding hydrogens is 302 g/mol. The minimum Gasteiger partial charge on any atom is -0.488 e. The number of hydrogen-bond donors (Lipinski definition) is 1. The Kier molecular flexibility index (Phi) is 3.47. The Morgan fingerprint density at radius 3 is 2.84 bits per heavy atom. The van der Waals surface area contributed by atoms with Crippen molar-refractivity contribution in [3.63, 3.8) is 0 Å². The molecule has 0 radical (unpaired) electrons. The van der Waals surface area contributed by atoms with E-state index in [0.717, 1.165) is 10.2 Å². The molecule has 0 atom stereocenters. The fourth-order valence-corrected chi connectivity index (χ4v) is 2.89.